The molecule has 4 rings (SSSR count). The minimum Gasteiger partial charge on any atom is -0.497 e. The van der Waals surface area contributed by atoms with Crippen molar-refractivity contribution in [1.29, 1.82) is 0 Å². The number of aryl methyl sites for hydroxylation is 1. The topological polar surface area (TPSA) is 109 Å². The number of likely N-dealkylation sites (tertiary alicyclic amines) is 1. The number of fused-ring (bicyclic) bond motifs is 1. The van der Waals surface area contributed by atoms with E-state index >= 15 is 0 Å². The number of carboxylic acid groups (broad SMARTS) is 1. The van der Waals surface area contributed by atoms with Crippen LogP contribution in [0.25, 0.3) is 10.9 Å². The van der Waals surface area contributed by atoms with E-state index in [0.717, 1.165) is 73.2 Å². The molecule has 1 aliphatic heterocycles. The van der Waals surface area contributed by atoms with Gasteiger partial charge in [-0.2, -0.15) is 0 Å². The van der Waals surface area contributed by atoms with Crippen LogP contribution in [-0.2, 0) is 11.2 Å². The summed E-state index contributed by atoms with van der Waals surface area (Å²) in [4.78, 5) is 26.6. The number of nitrogens with zero attached hydrogens (tertiary/aromatic N) is 4. The van der Waals surface area contributed by atoms with Gasteiger partial charge in [-0.05, 0) is 92.9 Å². The molecule has 8 nitrogen and oxygen atoms in total. The number of hydrogen-bond donors (Lipinski definition) is 2. The molecule has 1 aromatic carbocycles. The van der Waals surface area contributed by atoms with Gasteiger partial charge in [0.05, 0.1) is 18.7 Å². The molecule has 3 heterocycles. The van der Waals surface area contributed by atoms with Crippen LogP contribution in [-0.4, -0.2) is 62.8 Å². The maximum Gasteiger partial charge on any atom is 0.303 e. The Morgan fingerprint density at radius 3 is 2.86 bits per heavy atom. The number of piperidine rings is 1. The summed E-state index contributed by atoms with van der Waals surface area (Å²) in [6.07, 6.45) is 8.79. The van der Waals surface area contributed by atoms with Crippen molar-refractivity contribution < 1.29 is 19.7 Å². The fraction of sp³-hybridized carbons (Fsp3) is 0.481. The molecule has 1 fully saturated rings. The molecule has 1 saturated heterocycles. The van der Waals surface area contributed by atoms with E-state index in [2.05, 4.69) is 19.9 Å². The number of ether oxygens (including phenoxy) is 1. The summed E-state index contributed by atoms with van der Waals surface area (Å²) in [6, 6.07) is 9.47. The highest BCUT2D eigenvalue weighted by Crippen LogP contribution is 2.34. The summed E-state index contributed by atoms with van der Waals surface area (Å²) in [5, 5.41) is 21.5. The average Bonchev–Trinajstić information content (AvgIpc) is 2.87. The van der Waals surface area contributed by atoms with Crippen LogP contribution in [0.3, 0.4) is 0 Å². The number of hydrogen-bond acceptors (Lipinski definition) is 7. The normalized spacial score (nSPS) is 19.5. The monoisotopic (exact) mass is 478 g/mol. The number of carbonyl (C=O) groups is 1. The molecule has 3 aromatic rings. The van der Waals surface area contributed by atoms with Crippen LogP contribution in [0, 0.1) is 11.8 Å². The quantitative estimate of drug-likeness (QED) is 0.427. The summed E-state index contributed by atoms with van der Waals surface area (Å²) < 4.78 is 5.35. The van der Waals surface area contributed by atoms with Crippen LogP contribution in [0.5, 0.6) is 5.75 Å². The Morgan fingerprint density at radius 1 is 1.20 bits per heavy atom. The van der Waals surface area contributed by atoms with Crippen molar-refractivity contribution in [2.45, 2.75) is 44.6 Å². The lowest BCUT2D eigenvalue weighted by atomic mass is 9.79. The van der Waals surface area contributed by atoms with Crippen LogP contribution in [0.15, 0.2) is 49.1 Å². The summed E-state index contributed by atoms with van der Waals surface area (Å²) >= 11 is 0. The first-order valence-corrected chi connectivity index (χ1v) is 12.3. The molecule has 8 heteroatoms. The molecule has 3 atom stereocenters. The SMILES string of the molecule is COc1ccc2nccc([C@H](O)CC[C@@H]3CCN(CCCc4ccncn4)C[C@@H]3CC(=O)O)c2c1. The summed E-state index contributed by atoms with van der Waals surface area (Å²) in [5.41, 5.74) is 2.69. The minimum atomic E-state index is -0.754. The van der Waals surface area contributed by atoms with E-state index in [4.69, 9.17) is 4.74 Å². The van der Waals surface area contributed by atoms with Gasteiger partial charge in [-0.3, -0.25) is 9.78 Å². The number of aliphatic carboxylic acids is 1. The first kappa shape index (κ1) is 25.0. The Kier molecular flexibility index (Phi) is 8.60. The van der Waals surface area contributed by atoms with Crippen molar-refractivity contribution in [3.8, 4) is 5.75 Å². The Morgan fingerprint density at radius 2 is 2.09 bits per heavy atom. The maximum atomic E-state index is 11.6. The molecule has 0 spiro atoms. The Hall–Kier alpha value is -3.10. The zero-order valence-electron chi connectivity index (χ0n) is 20.2. The van der Waals surface area contributed by atoms with Gasteiger partial charge in [0.2, 0.25) is 0 Å². The minimum absolute atomic E-state index is 0.0850. The maximum absolute atomic E-state index is 11.6. The van der Waals surface area contributed by atoms with Gasteiger partial charge in [-0.25, -0.2) is 9.97 Å². The van der Waals surface area contributed by atoms with Crippen LogP contribution < -0.4 is 4.74 Å². The number of methoxy groups -OCH3 is 1. The van der Waals surface area contributed by atoms with Gasteiger partial charge < -0.3 is 19.8 Å². The molecule has 2 aromatic heterocycles. The van der Waals surface area contributed by atoms with Gasteiger partial charge >= 0.3 is 5.97 Å². The largest absolute Gasteiger partial charge is 0.497 e. The second-order valence-corrected chi connectivity index (χ2v) is 9.39. The van der Waals surface area contributed by atoms with Crippen LogP contribution in [0.2, 0.25) is 0 Å². The molecular weight excluding hydrogens is 444 g/mol. The van der Waals surface area contributed by atoms with Crippen LogP contribution in [0.1, 0.15) is 49.5 Å². The molecule has 1 aliphatic rings. The highest BCUT2D eigenvalue weighted by molar-refractivity contribution is 5.83. The summed E-state index contributed by atoms with van der Waals surface area (Å²) in [7, 11) is 1.62. The third kappa shape index (κ3) is 6.74. The van der Waals surface area contributed by atoms with E-state index in [1.54, 1.807) is 25.8 Å². The van der Waals surface area contributed by atoms with Gasteiger partial charge in [-0.15, -0.1) is 0 Å². The molecule has 2 N–H and O–H groups in total. The Labute approximate surface area is 206 Å². The van der Waals surface area contributed by atoms with Gasteiger partial charge in [0.15, 0.2) is 0 Å². The van der Waals surface area contributed by atoms with E-state index in [9.17, 15) is 15.0 Å². The molecule has 0 bridgehead atoms. The van der Waals surface area contributed by atoms with Crippen LogP contribution >= 0.6 is 0 Å². The lowest BCUT2D eigenvalue weighted by molar-refractivity contribution is -0.139. The Bertz CT molecular complexity index is 1110. The molecular formula is C27H34N4O4. The van der Waals surface area contributed by atoms with Crippen molar-refractivity contribution in [3.05, 3.63) is 60.3 Å². The predicted octanol–water partition coefficient (Wildman–Crippen LogP) is 3.89. The number of pyridine rings is 1. The van der Waals surface area contributed by atoms with Crippen LogP contribution in [0.4, 0.5) is 0 Å². The fourth-order valence-electron chi connectivity index (χ4n) is 5.24. The molecule has 35 heavy (non-hydrogen) atoms. The number of carboxylic acids is 1. The average molecular weight is 479 g/mol. The Balaban J connectivity index is 1.35. The number of rotatable bonds is 11. The molecule has 186 valence electrons. The van der Waals surface area contributed by atoms with Crippen molar-refractivity contribution in [1.82, 2.24) is 19.9 Å². The number of aliphatic hydroxyl groups excluding tert-OH is 1. The molecule has 0 unspecified atom stereocenters. The third-order valence-corrected chi connectivity index (χ3v) is 7.12. The first-order valence-electron chi connectivity index (χ1n) is 12.3. The molecule has 0 radical (unpaired) electrons. The highest BCUT2D eigenvalue weighted by atomic mass is 16.5. The van der Waals surface area contributed by atoms with Crippen molar-refractivity contribution in [2.75, 3.05) is 26.7 Å². The lowest BCUT2D eigenvalue weighted by Gasteiger charge is -2.38. The first-order chi connectivity index (χ1) is 17.0. The number of aromatic nitrogens is 3. The van der Waals surface area contributed by atoms with E-state index in [1.807, 2.05) is 30.3 Å². The second kappa shape index (κ2) is 12.0. The molecule has 0 amide bonds. The van der Waals surface area contributed by atoms with Gasteiger partial charge in [-0.1, -0.05) is 0 Å². The third-order valence-electron chi connectivity index (χ3n) is 7.12. The highest BCUT2D eigenvalue weighted by Gasteiger charge is 2.31. The van der Waals surface area contributed by atoms with Gasteiger partial charge in [0.1, 0.15) is 12.1 Å². The molecule has 0 aliphatic carbocycles. The predicted molar refractivity (Wildman–Crippen MR) is 133 cm³/mol. The van der Waals surface area contributed by atoms with Gasteiger partial charge in [0, 0.05) is 36.4 Å². The number of benzene rings is 1. The zero-order valence-corrected chi connectivity index (χ0v) is 20.2. The van der Waals surface area contributed by atoms with E-state index in [-0.39, 0.29) is 18.3 Å². The zero-order chi connectivity index (χ0) is 24.6. The van der Waals surface area contributed by atoms with E-state index in [0.29, 0.717) is 6.42 Å². The van der Waals surface area contributed by atoms with Crippen molar-refractivity contribution >= 4 is 16.9 Å². The van der Waals surface area contributed by atoms with Crippen molar-refractivity contribution in [2.24, 2.45) is 11.8 Å². The second-order valence-electron chi connectivity index (χ2n) is 9.39. The standard InChI is InChI=1S/C27H34N4O4/c1-35-22-5-6-25-24(16-22)23(9-12-29-25)26(32)7-4-19-10-14-31(17-20(19)15-27(33)34)13-2-3-21-8-11-28-18-30-21/h5-6,8-9,11-12,16,18-20,26,32H,2-4,7,10,13-15,17H2,1H3,(H,33,34)/t19-,20+,26-/m1/s1. The summed E-state index contributed by atoms with van der Waals surface area (Å²) in [6.45, 7) is 2.67. The number of aliphatic hydroxyl groups is 1. The summed E-state index contributed by atoms with van der Waals surface area (Å²) in [5.74, 6) is 0.339. The fourth-order valence-corrected chi connectivity index (χ4v) is 5.24. The lowest BCUT2D eigenvalue weighted by Crippen LogP contribution is -2.42. The van der Waals surface area contributed by atoms with E-state index < -0.39 is 12.1 Å². The molecule has 0 saturated carbocycles. The van der Waals surface area contributed by atoms with E-state index in [1.165, 1.54) is 0 Å². The van der Waals surface area contributed by atoms with Gasteiger partial charge in [0.25, 0.3) is 0 Å². The van der Waals surface area contributed by atoms with Crippen molar-refractivity contribution in [3.63, 3.8) is 0 Å². The smallest absolute Gasteiger partial charge is 0.303 e.